The minimum atomic E-state index is -0.198. The molecule has 0 saturated carbocycles. The molecule has 0 bridgehead atoms. The van der Waals surface area contributed by atoms with Crippen LogP contribution in [0.3, 0.4) is 0 Å². The summed E-state index contributed by atoms with van der Waals surface area (Å²) in [6.45, 7) is 3.80. The Hall–Kier alpha value is -2.83. The highest BCUT2D eigenvalue weighted by atomic mass is 16.5. The zero-order valence-electron chi connectivity index (χ0n) is 17.9. The van der Waals surface area contributed by atoms with Crippen molar-refractivity contribution in [2.75, 3.05) is 32.1 Å². The van der Waals surface area contributed by atoms with Crippen LogP contribution < -0.4 is 10.1 Å². The quantitative estimate of drug-likeness (QED) is 0.701. The molecule has 3 aromatic rings. The van der Waals surface area contributed by atoms with Gasteiger partial charge in [0.15, 0.2) is 0 Å². The first kappa shape index (κ1) is 18.9. The maximum absolute atomic E-state index is 6.63. The Balaban J connectivity index is 1.23. The third kappa shape index (κ3) is 3.13. The lowest BCUT2D eigenvalue weighted by atomic mass is 9.79. The van der Waals surface area contributed by atoms with Gasteiger partial charge in [-0.05, 0) is 54.8 Å². The van der Waals surface area contributed by atoms with E-state index < -0.39 is 0 Å². The lowest BCUT2D eigenvalue weighted by molar-refractivity contribution is -0.0451. The molecule has 1 atom stereocenters. The molecular formula is C25H28N4O2. The first-order valence-corrected chi connectivity index (χ1v) is 11.1. The zero-order chi connectivity index (χ0) is 20.9. The van der Waals surface area contributed by atoms with Gasteiger partial charge in [0, 0.05) is 50.7 Å². The lowest BCUT2D eigenvalue weighted by Crippen LogP contribution is -2.46. The van der Waals surface area contributed by atoms with Gasteiger partial charge in [-0.3, -0.25) is 9.88 Å². The minimum Gasteiger partial charge on any atom is -0.497 e. The summed E-state index contributed by atoms with van der Waals surface area (Å²) in [5.41, 5.74) is 4.63. The predicted octanol–water partition coefficient (Wildman–Crippen LogP) is 3.96. The second-order valence-electron chi connectivity index (χ2n) is 9.13. The minimum absolute atomic E-state index is 0.0623. The summed E-state index contributed by atoms with van der Waals surface area (Å²) >= 11 is 0. The molecule has 6 heteroatoms. The molecule has 2 saturated heterocycles. The molecule has 6 nitrogen and oxygen atoms in total. The van der Waals surface area contributed by atoms with Crippen molar-refractivity contribution in [3.8, 4) is 11.4 Å². The molecule has 0 aliphatic carbocycles. The molecule has 0 radical (unpaired) electrons. The van der Waals surface area contributed by atoms with Gasteiger partial charge in [-0.2, -0.15) is 0 Å². The number of aromatic nitrogens is 2. The van der Waals surface area contributed by atoms with Gasteiger partial charge >= 0.3 is 0 Å². The zero-order valence-corrected chi connectivity index (χ0v) is 17.9. The molecule has 31 heavy (non-hydrogen) atoms. The number of fused-ring (bicyclic) bond motifs is 4. The number of anilines is 1. The first-order valence-electron chi connectivity index (χ1n) is 11.1. The SMILES string of the molecule is COc1ccc2c(c1)NC1(COC3(CCN(Cc4ccncc4)CC3)C1)c1cccn1-2. The predicted molar refractivity (Wildman–Crippen MR) is 120 cm³/mol. The lowest BCUT2D eigenvalue weighted by Gasteiger charge is -2.41. The van der Waals surface area contributed by atoms with E-state index in [9.17, 15) is 0 Å². The standard InChI is InChI=1S/C25H28N4O2/c1-30-20-4-5-22-21(15-20)27-25(23-3-2-12-29(22)23)17-24(31-18-25)8-13-28(14-9-24)16-19-6-10-26-11-7-19/h2-7,10-12,15,27H,8-9,13-14,16-18H2,1H3. The summed E-state index contributed by atoms with van der Waals surface area (Å²) in [7, 11) is 1.72. The number of ether oxygens (including phenoxy) is 2. The maximum Gasteiger partial charge on any atom is 0.121 e. The van der Waals surface area contributed by atoms with Crippen molar-refractivity contribution in [3.05, 3.63) is 72.3 Å². The smallest absolute Gasteiger partial charge is 0.121 e. The summed E-state index contributed by atoms with van der Waals surface area (Å²) in [6, 6.07) is 14.8. The van der Waals surface area contributed by atoms with Crippen LogP contribution in [0.1, 0.15) is 30.5 Å². The Labute approximate surface area is 182 Å². The van der Waals surface area contributed by atoms with Crippen LogP contribution in [0.25, 0.3) is 5.69 Å². The number of hydrogen-bond acceptors (Lipinski definition) is 5. The van der Waals surface area contributed by atoms with Crippen LogP contribution >= 0.6 is 0 Å². The number of piperidine rings is 1. The van der Waals surface area contributed by atoms with Crippen LogP contribution in [0, 0.1) is 0 Å². The van der Waals surface area contributed by atoms with E-state index in [0.717, 1.165) is 50.3 Å². The second-order valence-corrected chi connectivity index (χ2v) is 9.13. The first-order chi connectivity index (χ1) is 15.2. The molecule has 1 unspecified atom stereocenters. The van der Waals surface area contributed by atoms with Gasteiger partial charge in [0.05, 0.1) is 36.4 Å². The number of nitrogens with one attached hydrogen (secondary N) is 1. The van der Waals surface area contributed by atoms with Gasteiger partial charge in [-0.15, -0.1) is 0 Å². The monoisotopic (exact) mass is 416 g/mol. The maximum atomic E-state index is 6.63. The highest BCUT2D eigenvalue weighted by Gasteiger charge is 2.53. The Morgan fingerprint density at radius 1 is 1.13 bits per heavy atom. The van der Waals surface area contributed by atoms with Crippen molar-refractivity contribution in [1.82, 2.24) is 14.5 Å². The molecule has 1 aromatic carbocycles. The number of benzene rings is 1. The third-order valence-corrected chi connectivity index (χ3v) is 7.25. The van der Waals surface area contributed by atoms with Crippen LogP contribution in [-0.2, 0) is 16.8 Å². The summed E-state index contributed by atoms with van der Waals surface area (Å²) in [6.07, 6.45) is 9.03. The Kier molecular flexibility index (Phi) is 4.33. The fourth-order valence-corrected chi connectivity index (χ4v) is 5.61. The average Bonchev–Trinajstić information content (AvgIpc) is 3.43. The highest BCUT2D eigenvalue weighted by molar-refractivity contribution is 5.69. The van der Waals surface area contributed by atoms with E-state index in [1.54, 1.807) is 7.11 Å². The van der Waals surface area contributed by atoms with Crippen molar-refractivity contribution in [2.45, 2.75) is 36.9 Å². The summed E-state index contributed by atoms with van der Waals surface area (Å²) < 4.78 is 14.4. The fourth-order valence-electron chi connectivity index (χ4n) is 5.61. The number of methoxy groups -OCH3 is 1. The van der Waals surface area contributed by atoms with E-state index >= 15 is 0 Å². The van der Waals surface area contributed by atoms with Gasteiger partial charge in [-0.1, -0.05) is 0 Å². The van der Waals surface area contributed by atoms with Crippen LogP contribution in [0.2, 0.25) is 0 Å². The third-order valence-electron chi connectivity index (χ3n) is 7.25. The highest BCUT2D eigenvalue weighted by Crippen LogP contribution is 2.50. The van der Waals surface area contributed by atoms with E-state index in [0.29, 0.717) is 6.61 Å². The Bertz CT molecular complexity index is 1090. The van der Waals surface area contributed by atoms with Crippen molar-refractivity contribution in [2.24, 2.45) is 0 Å². The summed E-state index contributed by atoms with van der Waals surface area (Å²) in [5, 5.41) is 3.87. The Morgan fingerprint density at radius 3 is 2.77 bits per heavy atom. The van der Waals surface area contributed by atoms with Gasteiger partial charge in [0.25, 0.3) is 0 Å². The van der Waals surface area contributed by atoms with E-state index in [4.69, 9.17) is 9.47 Å². The van der Waals surface area contributed by atoms with Crippen molar-refractivity contribution < 1.29 is 9.47 Å². The molecule has 3 aliphatic rings. The van der Waals surface area contributed by atoms with Crippen molar-refractivity contribution in [3.63, 3.8) is 0 Å². The largest absolute Gasteiger partial charge is 0.497 e. The van der Waals surface area contributed by atoms with Gasteiger partial charge in [0.1, 0.15) is 11.3 Å². The topological polar surface area (TPSA) is 51.5 Å². The molecule has 6 rings (SSSR count). The van der Waals surface area contributed by atoms with Crippen LogP contribution in [0.5, 0.6) is 5.75 Å². The van der Waals surface area contributed by atoms with Crippen LogP contribution in [0.4, 0.5) is 5.69 Å². The van der Waals surface area contributed by atoms with E-state index in [1.165, 1.54) is 16.9 Å². The van der Waals surface area contributed by atoms with Gasteiger partial charge in [0.2, 0.25) is 0 Å². The van der Waals surface area contributed by atoms with Crippen LogP contribution in [-0.4, -0.2) is 46.9 Å². The number of nitrogens with zero attached hydrogens (tertiary/aromatic N) is 3. The molecule has 2 aromatic heterocycles. The molecule has 2 fully saturated rings. The molecule has 0 amide bonds. The summed E-state index contributed by atoms with van der Waals surface area (Å²) in [4.78, 5) is 6.66. The second kappa shape index (κ2) is 7.11. The normalized spacial score (nSPS) is 24.0. The molecule has 1 N–H and O–H groups in total. The van der Waals surface area contributed by atoms with Gasteiger partial charge < -0.3 is 19.4 Å². The van der Waals surface area contributed by atoms with E-state index in [2.05, 4.69) is 62.4 Å². The van der Waals surface area contributed by atoms with Gasteiger partial charge in [-0.25, -0.2) is 0 Å². The number of hydrogen-bond donors (Lipinski definition) is 1. The molecule has 2 spiro atoms. The number of likely N-dealkylation sites (tertiary alicyclic amines) is 1. The molecule has 160 valence electrons. The molecular weight excluding hydrogens is 388 g/mol. The van der Waals surface area contributed by atoms with Crippen molar-refractivity contribution >= 4 is 5.69 Å². The number of pyridine rings is 1. The van der Waals surface area contributed by atoms with Crippen molar-refractivity contribution in [1.29, 1.82) is 0 Å². The average molecular weight is 417 g/mol. The fraction of sp³-hybridized carbons (Fsp3) is 0.400. The van der Waals surface area contributed by atoms with E-state index in [1.807, 2.05) is 18.5 Å². The van der Waals surface area contributed by atoms with Crippen LogP contribution in [0.15, 0.2) is 61.1 Å². The molecule has 3 aliphatic heterocycles. The Morgan fingerprint density at radius 2 is 1.97 bits per heavy atom. The summed E-state index contributed by atoms with van der Waals surface area (Å²) in [5.74, 6) is 0.870. The molecule has 5 heterocycles. The number of rotatable bonds is 3. The van der Waals surface area contributed by atoms with E-state index in [-0.39, 0.29) is 11.1 Å².